The number of imide groups is 1. The molecular formula is C48H56N5O13+. The number of aryl methyl sites for hydroxylation is 1. The molecule has 0 aromatic heterocycles. The number of carbonyl (C=O) groups is 5. The van der Waals surface area contributed by atoms with Gasteiger partial charge in [0.1, 0.15) is 61.1 Å². The first-order valence-corrected chi connectivity index (χ1v) is 21.6. The van der Waals surface area contributed by atoms with Crippen molar-refractivity contribution < 1.29 is 66.9 Å². The average molecular weight is 911 g/mol. The second-order valence-electron chi connectivity index (χ2n) is 16.4. The van der Waals surface area contributed by atoms with Gasteiger partial charge in [-0.3, -0.25) is 19.2 Å². The topological polar surface area (TPSA) is 177 Å². The van der Waals surface area contributed by atoms with Gasteiger partial charge in [-0.05, 0) is 55.0 Å². The van der Waals surface area contributed by atoms with E-state index in [9.17, 15) is 24.0 Å². The van der Waals surface area contributed by atoms with Gasteiger partial charge in [-0.2, -0.15) is 0 Å². The largest absolute Gasteiger partial charge is 0.488 e. The highest BCUT2D eigenvalue weighted by Crippen LogP contribution is 2.49. The van der Waals surface area contributed by atoms with Crippen molar-refractivity contribution in [3.63, 3.8) is 0 Å². The van der Waals surface area contributed by atoms with E-state index in [1.807, 2.05) is 73.3 Å². The lowest BCUT2D eigenvalue weighted by molar-refractivity contribution is -0.871. The fourth-order valence-corrected chi connectivity index (χ4v) is 7.79. The molecule has 1 N–H and O–H groups in total. The SMILES string of the molecule is COC(=O)CN1CCOCCN(CC(=O)OC)c2cc(OCC(=O)ON3C(=O)CCC3=O)c(C3=C4C=CC([NH+](C)C)C=C4Oc4cc(N(C)C)ccc43)cc2OCCOc2cc(C)ccc21. The number of ether oxygens (including phenoxy) is 7. The molecule has 1 fully saturated rings. The second kappa shape index (κ2) is 20.8. The van der Waals surface area contributed by atoms with Crippen LogP contribution in [0.5, 0.6) is 23.0 Å². The van der Waals surface area contributed by atoms with E-state index in [2.05, 4.69) is 26.2 Å². The van der Waals surface area contributed by atoms with Crippen LogP contribution in [0.15, 0.2) is 78.1 Å². The first-order chi connectivity index (χ1) is 31.7. The van der Waals surface area contributed by atoms with Crippen molar-refractivity contribution in [3.05, 3.63) is 94.8 Å². The number of hydroxylamine groups is 2. The van der Waals surface area contributed by atoms with Crippen LogP contribution in [0.3, 0.4) is 0 Å². The monoisotopic (exact) mass is 910 g/mol. The molecule has 0 bridgehead atoms. The summed E-state index contributed by atoms with van der Waals surface area (Å²) in [5.74, 6) is -0.988. The number of carbonyl (C=O) groups excluding carboxylic acids is 5. The summed E-state index contributed by atoms with van der Waals surface area (Å²) in [5, 5.41) is 0.468. The van der Waals surface area contributed by atoms with Crippen LogP contribution in [0.2, 0.25) is 0 Å². The minimum atomic E-state index is -0.985. The zero-order valence-corrected chi connectivity index (χ0v) is 38.3. The molecule has 18 nitrogen and oxygen atoms in total. The summed E-state index contributed by atoms with van der Waals surface area (Å²) < 4.78 is 42.3. The second-order valence-corrected chi connectivity index (χ2v) is 16.4. The smallest absolute Gasteiger partial charge is 0.370 e. The fraction of sp³-hybridized carbons (Fsp3) is 0.396. The third-order valence-electron chi connectivity index (χ3n) is 11.3. The van der Waals surface area contributed by atoms with Crippen molar-refractivity contribution in [2.75, 3.05) is 116 Å². The van der Waals surface area contributed by atoms with E-state index in [0.717, 1.165) is 27.3 Å². The van der Waals surface area contributed by atoms with Crippen molar-refractivity contribution in [3.8, 4) is 23.0 Å². The number of nitrogens with zero attached hydrogens (tertiary/aromatic N) is 4. The third kappa shape index (κ3) is 10.7. The molecule has 1 atom stereocenters. The predicted molar refractivity (Wildman–Crippen MR) is 242 cm³/mol. The van der Waals surface area contributed by atoms with E-state index in [4.69, 9.17) is 38.0 Å². The van der Waals surface area contributed by atoms with Crippen LogP contribution in [0.25, 0.3) is 5.57 Å². The van der Waals surface area contributed by atoms with Crippen molar-refractivity contribution in [1.29, 1.82) is 0 Å². The highest BCUT2D eigenvalue weighted by atomic mass is 16.7. The molecule has 0 spiro atoms. The lowest BCUT2D eigenvalue weighted by Crippen LogP contribution is -3.09. The number of benzene rings is 3. The molecule has 3 aromatic rings. The van der Waals surface area contributed by atoms with Gasteiger partial charge in [-0.15, -0.1) is 5.06 Å². The van der Waals surface area contributed by atoms with Crippen LogP contribution >= 0.6 is 0 Å². The normalized spacial score (nSPS) is 17.4. The van der Waals surface area contributed by atoms with E-state index in [-0.39, 0.29) is 70.7 Å². The number of nitrogens with one attached hydrogen (secondary N) is 1. The van der Waals surface area contributed by atoms with Gasteiger partial charge in [0.05, 0.1) is 52.9 Å². The first kappa shape index (κ1) is 46.9. The van der Waals surface area contributed by atoms with E-state index < -0.39 is 36.3 Å². The van der Waals surface area contributed by atoms with E-state index in [1.54, 1.807) is 17.0 Å². The molecule has 3 heterocycles. The highest BCUT2D eigenvalue weighted by molar-refractivity contribution is 6.01. The molecule has 18 heteroatoms. The van der Waals surface area contributed by atoms with Crippen LogP contribution in [0.4, 0.5) is 17.1 Å². The molecule has 66 heavy (non-hydrogen) atoms. The van der Waals surface area contributed by atoms with Crippen molar-refractivity contribution in [2.24, 2.45) is 0 Å². The zero-order valence-electron chi connectivity index (χ0n) is 38.3. The number of allylic oxidation sites excluding steroid dienone is 1. The minimum Gasteiger partial charge on any atom is -0.488 e. The lowest BCUT2D eigenvalue weighted by atomic mass is 9.86. The van der Waals surface area contributed by atoms with Gasteiger partial charge in [0.2, 0.25) is 0 Å². The number of likely N-dealkylation sites (N-methyl/N-ethyl adjacent to an activating group) is 1. The maximum Gasteiger partial charge on any atom is 0.370 e. The number of hydrogen-bond donors (Lipinski definition) is 1. The summed E-state index contributed by atoms with van der Waals surface area (Å²) in [7, 11) is 10.6. The predicted octanol–water partition coefficient (Wildman–Crippen LogP) is 2.65. The Balaban J connectivity index is 1.37. The molecule has 1 aliphatic carbocycles. The summed E-state index contributed by atoms with van der Waals surface area (Å²) in [4.78, 5) is 75.6. The van der Waals surface area contributed by atoms with Crippen LogP contribution in [-0.2, 0) is 43.0 Å². The van der Waals surface area contributed by atoms with Crippen LogP contribution in [-0.4, -0.2) is 142 Å². The Hall–Kier alpha value is -7.05. The van der Waals surface area contributed by atoms with Crippen LogP contribution in [0.1, 0.15) is 29.5 Å². The van der Waals surface area contributed by atoms with Crippen LogP contribution in [0, 0.1) is 6.92 Å². The quantitative estimate of drug-likeness (QED) is 0.219. The summed E-state index contributed by atoms with van der Waals surface area (Å²) in [6.07, 6.45) is 5.99. The van der Waals surface area contributed by atoms with Gasteiger partial charge in [0.25, 0.3) is 11.8 Å². The van der Waals surface area contributed by atoms with Gasteiger partial charge in [-0.1, -0.05) is 6.07 Å². The van der Waals surface area contributed by atoms with Gasteiger partial charge >= 0.3 is 17.9 Å². The lowest BCUT2D eigenvalue weighted by Gasteiger charge is -2.31. The molecule has 7 rings (SSSR count). The van der Waals surface area contributed by atoms with Crippen LogP contribution < -0.4 is 38.5 Å². The number of rotatable bonds is 11. The van der Waals surface area contributed by atoms with E-state index in [0.29, 0.717) is 57.1 Å². The Kier molecular flexibility index (Phi) is 14.8. The van der Waals surface area contributed by atoms with Crippen molar-refractivity contribution >= 4 is 52.4 Å². The maximum atomic E-state index is 13.4. The summed E-state index contributed by atoms with van der Waals surface area (Å²) in [5.41, 5.74) is 5.55. The summed E-state index contributed by atoms with van der Waals surface area (Å²) in [6, 6.07) is 15.0. The van der Waals surface area contributed by atoms with Gasteiger partial charge in [0.15, 0.2) is 6.61 Å². The summed E-state index contributed by atoms with van der Waals surface area (Å²) in [6.45, 7) is 1.87. The number of methoxy groups -OCH3 is 2. The Labute approximate surface area is 383 Å². The molecule has 1 saturated heterocycles. The fourth-order valence-electron chi connectivity index (χ4n) is 7.79. The molecule has 0 saturated carbocycles. The highest BCUT2D eigenvalue weighted by Gasteiger charge is 2.35. The number of anilines is 3. The number of quaternary nitrogens is 1. The third-order valence-corrected chi connectivity index (χ3v) is 11.3. The molecule has 2 amide bonds. The Bertz CT molecular complexity index is 2450. The Morgan fingerprint density at radius 2 is 1.42 bits per heavy atom. The van der Waals surface area contributed by atoms with Crippen molar-refractivity contribution in [2.45, 2.75) is 25.8 Å². The minimum absolute atomic E-state index is 0.00189. The number of esters is 2. The molecule has 3 aliphatic heterocycles. The Morgan fingerprint density at radius 1 is 0.773 bits per heavy atom. The zero-order chi connectivity index (χ0) is 47.1. The van der Waals surface area contributed by atoms with E-state index >= 15 is 0 Å². The van der Waals surface area contributed by atoms with Gasteiger partial charge in [0, 0.05) is 86.2 Å². The Morgan fingerprint density at radius 3 is 2.06 bits per heavy atom. The molecule has 1 unspecified atom stereocenters. The molecular weight excluding hydrogens is 855 g/mol. The number of amides is 2. The van der Waals surface area contributed by atoms with Gasteiger partial charge in [-0.25, -0.2) is 4.79 Å². The standard InChI is InChI=1S/C48H55N5O13/c1-30-8-13-36-41(22-30)62-20-21-63-42-25-35(48-33-11-9-31(49(2)3)23-39(33)65-40-24-32(50(4)5)10-12-34(40)48)38(64-29-47(58)66-53-43(54)14-15-44(53)55)26-37(42)52(28-46(57)60-7)17-19-61-18-16-51(36)27-45(56)59-6/h8-13,22-26,31H,14-21,27-29H2,1-7H3/p+1. The van der Waals surface area contributed by atoms with Gasteiger partial charge < -0.3 is 57.6 Å². The van der Waals surface area contributed by atoms with Crippen molar-refractivity contribution in [1.82, 2.24) is 5.06 Å². The molecule has 3 aromatic carbocycles. The molecule has 350 valence electrons. The summed E-state index contributed by atoms with van der Waals surface area (Å²) >= 11 is 0. The maximum absolute atomic E-state index is 13.4. The average Bonchev–Trinajstić information content (AvgIpc) is 3.61. The number of fused-ring (bicyclic) bond motifs is 4. The number of hydrogen-bond acceptors (Lipinski definition) is 16. The molecule has 0 radical (unpaired) electrons. The first-order valence-electron chi connectivity index (χ1n) is 21.6. The van der Waals surface area contributed by atoms with E-state index in [1.165, 1.54) is 14.2 Å². The molecule has 4 aliphatic rings.